The molecule has 0 saturated carbocycles. The predicted octanol–water partition coefficient (Wildman–Crippen LogP) is 3.14. The zero-order valence-electron chi connectivity index (χ0n) is 17.6. The first-order valence-electron chi connectivity index (χ1n) is 9.73. The van der Waals surface area contributed by atoms with Gasteiger partial charge in [0.05, 0.1) is 29.9 Å². The van der Waals surface area contributed by atoms with Crippen LogP contribution in [0, 0.1) is 10.1 Å². The fourth-order valence-corrected chi connectivity index (χ4v) is 3.22. The normalized spacial score (nSPS) is 16.8. The Bertz CT molecular complexity index is 1110. The van der Waals surface area contributed by atoms with Crippen molar-refractivity contribution in [2.45, 2.75) is 18.4 Å². The van der Waals surface area contributed by atoms with E-state index in [1.165, 1.54) is 19.2 Å². The Morgan fingerprint density at radius 2 is 2.06 bits per heavy atom. The van der Waals surface area contributed by atoms with Crippen molar-refractivity contribution in [2.24, 2.45) is 5.16 Å². The first kappa shape index (κ1) is 23.3. The van der Waals surface area contributed by atoms with Gasteiger partial charge < -0.3 is 24.7 Å². The van der Waals surface area contributed by atoms with Crippen LogP contribution in [0.2, 0.25) is 0 Å². The second kappa shape index (κ2) is 9.81. The second-order valence-electron chi connectivity index (χ2n) is 7.09. The van der Waals surface area contributed by atoms with E-state index in [2.05, 4.69) is 17.1 Å². The number of carbonyl (C=O) groups is 2. The van der Waals surface area contributed by atoms with Crippen molar-refractivity contribution in [2.75, 3.05) is 19.0 Å². The van der Waals surface area contributed by atoms with Gasteiger partial charge in [0, 0.05) is 18.6 Å². The molecular formula is C22H21N3O8. The first-order valence-corrected chi connectivity index (χ1v) is 9.73. The molecule has 0 saturated heterocycles. The molecule has 1 amide bonds. The maximum Gasteiger partial charge on any atom is 0.308 e. The highest BCUT2D eigenvalue weighted by Gasteiger charge is 2.49. The maximum atomic E-state index is 13.1. The van der Waals surface area contributed by atoms with Crippen molar-refractivity contribution in [3.63, 3.8) is 0 Å². The average molecular weight is 455 g/mol. The molecule has 11 heteroatoms. The minimum absolute atomic E-state index is 0.00207. The van der Waals surface area contributed by atoms with Crippen LogP contribution in [-0.2, 0) is 14.4 Å². The topological polar surface area (TPSA) is 150 Å². The average Bonchev–Trinajstić information content (AvgIpc) is 3.22. The van der Waals surface area contributed by atoms with Gasteiger partial charge in [-0.25, -0.2) is 0 Å². The molecule has 1 atom stereocenters. The fraction of sp³-hybridized carbons (Fsp3) is 0.227. The summed E-state index contributed by atoms with van der Waals surface area (Å²) in [5.41, 5.74) is -1.14. The molecule has 2 aromatic carbocycles. The van der Waals surface area contributed by atoms with Gasteiger partial charge in [-0.05, 0) is 35.9 Å². The van der Waals surface area contributed by atoms with Gasteiger partial charge in [-0.2, -0.15) is 0 Å². The van der Waals surface area contributed by atoms with Gasteiger partial charge >= 0.3 is 5.97 Å². The number of anilines is 1. The molecule has 0 radical (unpaired) electrons. The van der Waals surface area contributed by atoms with Gasteiger partial charge in [-0.3, -0.25) is 19.7 Å². The van der Waals surface area contributed by atoms with E-state index >= 15 is 0 Å². The minimum Gasteiger partial charge on any atom is -0.495 e. The summed E-state index contributed by atoms with van der Waals surface area (Å²) in [6.45, 7) is 3.92. The molecule has 1 heterocycles. The van der Waals surface area contributed by atoms with Gasteiger partial charge in [0.25, 0.3) is 11.6 Å². The summed E-state index contributed by atoms with van der Waals surface area (Å²) in [5, 5.41) is 26.9. The Labute approximate surface area is 188 Å². The number of ether oxygens (including phenoxy) is 2. The van der Waals surface area contributed by atoms with Crippen LogP contribution in [0.15, 0.2) is 60.3 Å². The Balaban J connectivity index is 1.84. The van der Waals surface area contributed by atoms with Crippen LogP contribution in [0.4, 0.5) is 11.4 Å². The minimum atomic E-state index is -1.85. The van der Waals surface area contributed by atoms with Crippen LogP contribution in [0.25, 0.3) is 0 Å². The smallest absolute Gasteiger partial charge is 0.308 e. The van der Waals surface area contributed by atoms with Crippen LogP contribution in [0.3, 0.4) is 0 Å². The summed E-state index contributed by atoms with van der Waals surface area (Å²) in [6.07, 6.45) is 0.802. The third kappa shape index (κ3) is 5.26. The molecule has 11 nitrogen and oxygen atoms in total. The number of methoxy groups -OCH3 is 1. The Kier molecular flexibility index (Phi) is 6.91. The summed E-state index contributed by atoms with van der Waals surface area (Å²) in [7, 11) is 1.33. The SMILES string of the molecule is C=CCOc1ccc(C2=NOC(CC(=O)O)(C(=O)Nc3cc([N+](=O)[O-])ccc3OC)C2)cc1. The largest absolute Gasteiger partial charge is 0.495 e. The number of hydrogen-bond acceptors (Lipinski definition) is 8. The summed E-state index contributed by atoms with van der Waals surface area (Å²) in [6, 6.07) is 10.5. The Morgan fingerprint density at radius 3 is 2.67 bits per heavy atom. The predicted molar refractivity (Wildman–Crippen MR) is 118 cm³/mol. The molecule has 0 fully saturated rings. The molecule has 33 heavy (non-hydrogen) atoms. The van der Waals surface area contributed by atoms with E-state index in [1.54, 1.807) is 30.3 Å². The van der Waals surface area contributed by atoms with Gasteiger partial charge in [0.15, 0.2) is 0 Å². The number of benzene rings is 2. The van der Waals surface area contributed by atoms with Crippen LogP contribution in [0.5, 0.6) is 11.5 Å². The summed E-state index contributed by atoms with van der Waals surface area (Å²) < 4.78 is 10.6. The first-order chi connectivity index (χ1) is 15.8. The van der Waals surface area contributed by atoms with Crippen LogP contribution >= 0.6 is 0 Å². The van der Waals surface area contributed by atoms with Crippen molar-refractivity contribution in [3.05, 3.63) is 70.8 Å². The lowest BCUT2D eigenvalue weighted by molar-refractivity contribution is -0.384. The number of amides is 1. The molecule has 172 valence electrons. The maximum absolute atomic E-state index is 13.1. The van der Waals surface area contributed by atoms with E-state index in [9.17, 15) is 24.8 Å². The number of hydrogen-bond donors (Lipinski definition) is 2. The molecule has 1 aliphatic heterocycles. The molecule has 0 aliphatic carbocycles. The number of aliphatic carboxylic acids is 1. The number of carbonyl (C=O) groups excluding carboxylic acids is 1. The van der Waals surface area contributed by atoms with Crippen molar-refractivity contribution >= 4 is 29.0 Å². The highest BCUT2D eigenvalue weighted by molar-refractivity contribution is 6.09. The molecule has 0 bridgehead atoms. The Hall–Kier alpha value is -4.41. The van der Waals surface area contributed by atoms with Crippen LogP contribution in [-0.4, -0.2) is 46.9 Å². The molecule has 1 unspecified atom stereocenters. The number of nitrogens with one attached hydrogen (secondary N) is 1. The van der Waals surface area contributed by atoms with E-state index in [1.807, 2.05) is 0 Å². The molecule has 2 aromatic rings. The lowest BCUT2D eigenvalue weighted by Crippen LogP contribution is -2.45. The lowest BCUT2D eigenvalue weighted by Gasteiger charge is -2.24. The molecular weight excluding hydrogens is 434 g/mol. The van der Waals surface area contributed by atoms with Crippen molar-refractivity contribution in [1.29, 1.82) is 0 Å². The molecule has 1 aliphatic rings. The number of oxime groups is 1. The molecule has 0 spiro atoms. The summed E-state index contributed by atoms with van der Waals surface area (Å²) >= 11 is 0. The number of nitro groups is 1. The van der Waals surface area contributed by atoms with Gasteiger partial charge in [-0.15, -0.1) is 0 Å². The second-order valence-corrected chi connectivity index (χ2v) is 7.09. The summed E-state index contributed by atoms with van der Waals surface area (Å²) in [5.74, 6) is -1.34. The molecule has 2 N–H and O–H groups in total. The fourth-order valence-electron chi connectivity index (χ4n) is 3.22. The van der Waals surface area contributed by atoms with Crippen LogP contribution < -0.4 is 14.8 Å². The molecule has 3 rings (SSSR count). The number of rotatable bonds is 10. The zero-order valence-corrected chi connectivity index (χ0v) is 17.6. The van der Waals surface area contributed by atoms with Gasteiger partial charge in [0.2, 0.25) is 5.60 Å². The number of carboxylic acids is 1. The number of nitro benzene ring substituents is 1. The lowest BCUT2D eigenvalue weighted by atomic mass is 9.90. The number of nitrogens with zero attached hydrogens (tertiary/aromatic N) is 2. The summed E-state index contributed by atoms with van der Waals surface area (Å²) in [4.78, 5) is 40.5. The van der Waals surface area contributed by atoms with Crippen molar-refractivity contribution in [1.82, 2.24) is 0 Å². The third-order valence-electron chi connectivity index (χ3n) is 4.83. The van der Waals surface area contributed by atoms with E-state index < -0.39 is 28.8 Å². The van der Waals surface area contributed by atoms with Crippen molar-refractivity contribution in [3.8, 4) is 11.5 Å². The van der Waals surface area contributed by atoms with E-state index in [4.69, 9.17) is 14.3 Å². The third-order valence-corrected chi connectivity index (χ3v) is 4.83. The van der Waals surface area contributed by atoms with E-state index in [-0.39, 0.29) is 23.5 Å². The van der Waals surface area contributed by atoms with Gasteiger partial charge in [-0.1, -0.05) is 17.8 Å². The van der Waals surface area contributed by atoms with E-state index in [0.717, 1.165) is 6.07 Å². The van der Waals surface area contributed by atoms with Gasteiger partial charge in [0.1, 0.15) is 18.1 Å². The quantitative estimate of drug-likeness (QED) is 0.315. The van der Waals surface area contributed by atoms with E-state index in [0.29, 0.717) is 23.6 Å². The number of non-ortho nitro benzene ring substituents is 1. The van der Waals surface area contributed by atoms with Crippen LogP contribution in [0.1, 0.15) is 18.4 Å². The number of carboxylic acid groups (broad SMARTS) is 1. The van der Waals surface area contributed by atoms with Crippen molar-refractivity contribution < 1.29 is 33.9 Å². The highest BCUT2D eigenvalue weighted by Crippen LogP contribution is 2.35. The molecule has 0 aromatic heterocycles. The monoisotopic (exact) mass is 455 g/mol. The Morgan fingerprint density at radius 1 is 1.33 bits per heavy atom. The highest BCUT2D eigenvalue weighted by atomic mass is 16.7. The zero-order chi connectivity index (χ0) is 24.0. The standard InChI is InChI=1S/C22H21N3O8/c1-3-10-32-16-7-4-14(5-8-16)18-12-22(33-24-18,13-20(26)27)21(28)23-17-11-15(25(29)30)6-9-19(17)31-2/h3-9,11H,1,10,12-13H2,2H3,(H,23,28)(H,26,27).